The summed E-state index contributed by atoms with van der Waals surface area (Å²) in [6.07, 6.45) is -1.31. The Bertz CT molecular complexity index is 1240. The zero-order chi connectivity index (χ0) is 25.5. The van der Waals surface area contributed by atoms with Crippen molar-refractivity contribution in [2.45, 2.75) is 19.3 Å². The average molecular weight is 480 g/mol. The summed E-state index contributed by atoms with van der Waals surface area (Å²) in [4.78, 5) is 44.5. The third-order valence-electron chi connectivity index (χ3n) is 4.62. The van der Waals surface area contributed by atoms with E-state index >= 15 is 0 Å². The Hall–Kier alpha value is -4.10. The summed E-state index contributed by atoms with van der Waals surface area (Å²) < 4.78 is 86.5. The van der Waals surface area contributed by atoms with Crippen LogP contribution in [-0.4, -0.2) is 44.3 Å². The lowest BCUT2D eigenvalue weighted by molar-refractivity contribution is 0.0640. The lowest BCUT2D eigenvalue weighted by Gasteiger charge is -2.19. The maximum atomic E-state index is 14.7. The smallest absolute Gasteiger partial charge is 0.339 e. The van der Waals surface area contributed by atoms with Gasteiger partial charge in [0, 0.05) is 11.1 Å². The SMILES string of the molecule is CC(Cc1c(F)c(F)c(C(=O)O)c(C(=O)O)c1F)c1c(F)c(F)c(C(=O)O)c(C(=O)O)c1F. The Morgan fingerprint density at radius 1 is 0.576 bits per heavy atom. The summed E-state index contributed by atoms with van der Waals surface area (Å²) in [5, 5.41) is 35.8. The van der Waals surface area contributed by atoms with Crippen LogP contribution in [0.4, 0.5) is 26.3 Å². The lowest BCUT2D eigenvalue weighted by atomic mass is 9.87. The van der Waals surface area contributed by atoms with E-state index in [2.05, 4.69) is 0 Å². The van der Waals surface area contributed by atoms with Crippen molar-refractivity contribution in [3.8, 4) is 0 Å². The molecule has 33 heavy (non-hydrogen) atoms. The van der Waals surface area contributed by atoms with Gasteiger partial charge in [0.15, 0.2) is 23.3 Å². The highest BCUT2D eigenvalue weighted by Crippen LogP contribution is 2.35. The number of halogens is 6. The van der Waals surface area contributed by atoms with Crippen molar-refractivity contribution in [3.63, 3.8) is 0 Å². The fourth-order valence-electron chi connectivity index (χ4n) is 3.21. The number of carboxylic acid groups (broad SMARTS) is 4. The molecule has 0 aliphatic rings. The Morgan fingerprint density at radius 2 is 0.909 bits per heavy atom. The molecule has 176 valence electrons. The van der Waals surface area contributed by atoms with Crippen LogP contribution in [0.5, 0.6) is 0 Å². The van der Waals surface area contributed by atoms with E-state index in [9.17, 15) is 45.5 Å². The number of rotatable bonds is 7. The number of carbonyl (C=O) groups is 4. The minimum absolute atomic E-state index is 0.759. The second-order valence-electron chi connectivity index (χ2n) is 6.60. The number of benzene rings is 2. The molecule has 1 atom stereocenters. The van der Waals surface area contributed by atoms with Crippen molar-refractivity contribution in [1.82, 2.24) is 0 Å². The first-order valence-electron chi connectivity index (χ1n) is 8.47. The van der Waals surface area contributed by atoms with Gasteiger partial charge in [-0.3, -0.25) is 0 Å². The predicted molar refractivity (Wildman–Crippen MR) is 92.6 cm³/mol. The predicted octanol–water partition coefficient (Wildman–Crippen LogP) is 3.66. The topological polar surface area (TPSA) is 149 Å². The summed E-state index contributed by atoms with van der Waals surface area (Å²) in [5.74, 6) is -24.5. The molecule has 2 rings (SSSR count). The monoisotopic (exact) mass is 480 g/mol. The van der Waals surface area contributed by atoms with E-state index in [1.165, 1.54) is 0 Å². The zero-order valence-corrected chi connectivity index (χ0v) is 16.0. The number of hydrogen-bond donors (Lipinski definition) is 4. The van der Waals surface area contributed by atoms with Crippen LogP contribution in [0.25, 0.3) is 0 Å². The highest BCUT2D eigenvalue weighted by Gasteiger charge is 2.36. The minimum atomic E-state index is -2.34. The first-order valence-corrected chi connectivity index (χ1v) is 8.47. The molecule has 0 aliphatic heterocycles. The van der Waals surface area contributed by atoms with Crippen molar-refractivity contribution in [2.75, 3.05) is 0 Å². The van der Waals surface area contributed by atoms with Crippen molar-refractivity contribution in [3.05, 3.63) is 68.3 Å². The number of carboxylic acids is 4. The number of hydrogen-bond acceptors (Lipinski definition) is 4. The molecule has 0 radical (unpaired) electrons. The van der Waals surface area contributed by atoms with E-state index in [0.717, 1.165) is 6.92 Å². The molecular formula is C19H10F6O8. The molecule has 0 amide bonds. The van der Waals surface area contributed by atoms with Gasteiger partial charge in [-0.2, -0.15) is 0 Å². The summed E-state index contributed by atoms with van der Waals surface area (Å²) in [5.41, 5.74) is -10.3. The Labute approximate surface area is 178 Å². The van der Waals surface area contributed by atoms with Gasteiger partial charge in [-0.25, -0.2) is 45.5 Å². The van der Waals surface area contributed by atoms with Gasteiger partial charge in [-0.05, 0) is 12.3 Å². The van der Waals surface area contributed by atoms with Crippen LogP contribution < -0.4 is 0 Å². The second-order valence-corrected chi connectivity index (χ2v) is 6.60. The standard InChI is InChI=1S/C19H10F6O8/c1-3(5-12(22)7(17(28)29)9(19(32)33)15(25)13(5)23)2-4-10(20)6(16(26)27)8(18(30)31)14(24)11(4)21/h3H,2H2,1H3,(H,26,27)(H,28,29)(H,30,31)(H,32,33). The quantitative estimate of drug-likeness (QED) is 0.347. The zero-order valence-electron chi connectivity index (χ0n) is 16.0. The molecule has 0 spiro atoms. The molecule has 14 heteroatoms. The van der Waals surface area contributed by atoms with Gasteiger partial charge >= 0.3 is 23.9 Å². The minimum Gasteiger partial charge on any atom is -0.478 e. The van der Waals surface area contributed by atoms with Crippen LogP contribution >= 0.6 is 0 Å². The van der Waals surface area contributed by atoms with E-state index in [1.807, 2.05) is 0 Å². The molecule has 0 bridgehead atoms. The molecule has 1 unspecified atom stereocenters. The molecule has 4 N–H and O–H groups in total. The van der Waals surface area contributed by atoms with Crippen LogP contribution in [-0.2, 0) is 6.42 Å². The Kier molecular flexibility index (Phi) is 6.71. The molecule has 0 aromatic heterocycles. The lowest BCUT2D eigenvalue weighted by Crippen LogP contribution is -2.21. The van der Waals surface area contributed by atoms with Gasteiger partial charge in [0.1, 0.15) is 33.9 Å². The number of aromatic carboxylic acids is 4. The Morgan fingerprint density at radius 3 is 1.30 bits per heavy atom. The normalized spacial score (nSPS) is 11.8. The summed E-state index contributed by atoms with van der Waals surface area (Å²) in [7, 11) is 0. The van der Waals surface area contributed by atoms with Crippen LogP contribution in [0.3, 0.4) is 0 Å². The van der Waals surface area contributed by atoms with Gasteiger partial charge < -0.3 is 20.4 Å². The fourth-order valence-corrected chi connectivity index (χ4v) is 3.21. The van der Waals surface area contributed by atoms with E-state index in [4.69, 9.17) is 20.4 Å². The highest BCUT2D eigenvalue weighted by molar-refractivity contribution is 6.03. The first kappa shape index (κ1) is 25.2. The van der Waals surface area contributed by atoms with Crippen LogP contribution in [0.2, 0.25) is 0 Å². The van der Waals surface area contributed by atoms with Gasteiger partial charge in [0.2, 0.25) is 0 Å². The molecule has 0 aliphatic carbocycles. The van der Waals surface area contributed by atoms with Crippen molar-refractivity contribution in [1.29, 1.82) is 0 Å². The molecule has 8 nitrogen and oxygen atoms in total. The fraction of sp³-hybridized carbons (Fsp3) is 0.158. The van der Waals surface area contributed by atoms with Gasteiger partial charge in [0.05, 0.1) is 0 Å². The van der Waals surface area contributed by atoms with Gasteiger partial charge in [0.25, 0.3) is 0 Å². The van der Waals surface area contributed by atoms with Crippen molar-refractivity contribution >= 4 is 23.9 Å². The Balaban J connectivity index is 2.80. The summed E-state index contributed by atoms with van der Waals surface area (Å²) >= 11 is 0. The third-order valence-corrected chi connectivity index (χ3v) is 4.62. The molecule has 0 fully saturated rings. The molecule has 0 heterocycles. The summed E-state index contributed by atoms with van der Waals surface area (Å²) in [6, 6.07) is 0. The van der Waals surface area contributed by atoms with Crippen LogP contribution in [0.15, 0.2) is 0 Å². The highest BCUT2D eigenvalue weighted by atomic mass is 19.2. The van der Waals surface area contributed by atoms with Crippen LogP contribution in [0, 0.1) is 34.9 Å². The third kappa shape index (κ3) is 4.06. The van der Waals surface area contributed by atoms with Gasteiger partial charge in [-0.1, -0.05) is 6.92 Å². The van der Waals surface area contributed by atoms with E-state index in [0.29, 0.717) is 0 Å². The van der Waals surface area contributed by atoms with E-state index < -0.39 is 104 Å². The molecule has 2 aromatic carbocycles. The van der Waals surface area contributed by atoms with E-state index in [1.54, 1.807) is 0 Å². The molecular weight excluding hydrogens is 470 g/mol. The van der Waals surface area contributed by atoms with Crippen molar-refractivity contribution in [2.24, 2.45) is 0 Å². The van der Waals surface area contributed by atoms with Gasteiger partial charge in [-0.15, -0.1) is 0 Å². The maximum absolute atomic E-state index is 14.7. The summed E-state index contributed by atoms with van der Waals surface area (Å²) in [6.45, 7) is 0.759. The molecule has 0 saturated carbocycles. The van der Waals surface area contributed by atoms with Crippen LogP contribution in [0.1, 0.15) is 65.4 Å². The van der Waals surface area contributed by atoms with Crippen molar-refractivity contribution < 1.29 is 65.9 Å². The molecule has 2 aromatic rings. The van der Waals surface area contributed by atoms with E-state index in [-0.39, 0.29) is 0 Å². The molecule has 0 saturated heterocycles. The first-order chi connectivity index (χ1) is 15.1. The maximum Gasteiger partial charge on any atom is 0.339 e. The average Bonchev–Trinajstić information content (AvgIpc) is 2.69. The second kappa shape index (κ2) is 8.80. The largest absolute Gasteiger partial charge is 0.478 e.